The number of carbonyl (C=O) groups excluding carboxylic acids is 5. The molecule has 8 rings (SSSR count). The third-order valence-electron chi connectivity index (χ3n) is 12.0. The fourth-order valence-corrected chi connectivity index (χ4v) is 9.00. The molecule has 2 saturated heterocycles. The molecule has 3 N–H and O–H groups in total. The van der Waals surface area contributed by atoms with Crippen LogP contribution in [0.3, 0.4) is 0 Å². The van der Waals surface area contributed by atoms with Gasteiger partial charge in [-0.1, -0.05) is 24.3 Å². The molecule has 5 aromatic rings. The number of piperazine rings is 1. The van der Waals surface area contributed by atoms with Crippen LogP contribution >= 0.6 is 0 Å². The smallest absolute Gasteiger partial charge is 0.264 e. The van der Waals surface area contributed by atoms with Gasteiger partial charge in [0.15, 0.2) is 15.5 Å². The number of hydrogen-bond acceptors (Lipinski definition) is 17. The third kappa shape index (κ3) is 12.9. The normalized spacial score (nSPS) is 16.2. The summed E-state index contributed by atoms with van der Waals surface area (Å²) < 4.78 is 53.5. The van der Waals surface area contributed by atoms with Gasteiger partial charge in [0.1, 0.15) is 6.04 Å². The van der Waals surface area contributed by atoms with E-state index in [4.69, 9.17) is 23.7 Å². The van der Waals surface area contributed by atoms with E-state index in [1.54, 1.807) is 47.0 Å². The number of nitrogens with one attached hydrogen (secondary N) is 3. The Bertz CT molecular complexity index is 2800. The van der Waals surface area contributed by atoms with Gasteiger partial charge in [0.05, 0.1) is 94.2 Å². The van der Waals surface area contributed by atoms with Gasteiger partial charge in [0.25, 0.3) is 11.8 Å². The first kappa shape index (κ1) is 50.6. The number of carbonyl (C=O) groups is 5. The molecule has 1 unspecified atom stereocenters. The zero-order chi connectivity index (χ0) is 49.7. The molecule has 3 aromatic carbocycles. The largest absolute Gasteiger partial charge is 0.382 e. The summed E-state index contributed by atoms with van der Waals surface area (Å²) in [6, 6.07) is 24.2. The van der Waals surface area contributed by atoms with Gasteiger partial charge in [0, 0.05) is 68.0 Å². The van der Waals surface area contributed by atoms with Gasteiger partial charge >= 0.3 is 0 Å². The van der Waals surface area contributed by atoms with E-state index >= 15 is 0 Å². The maximum Gasteiger partial charge on any atom is 0.264 e. The molecule has 0 radical (unpaired) electrons. The lowest BCUT2D eigenvalue weighted by atomic mass is 10.0. The zero-order valence-electron chi connectivity index (χ0n) is 39.4. The summed E-state index contributed by atoms with van der Waals surface area (Å²) in [6.07, 6.45) is 1.63. The van der Waals surface area contributed by atoms with Crippen molar-refractivity contribution in [2.45, 2.75) is 30.2 Å². The molecule has 0 saturated carbocycles. The first-order chi connectivity index (χ1) is 34.4. The fourth-order valence-electron chi connectivity index (χ4n) is 8.37. The average Bonchev–Trinajstić information content (AvgIpc) is 3.90. The number of nitrogens with zero attached hydrogens (tertiary/aromatic N) is 6. The van der Waals surface area contributed by atoms with E-state index in [0.717, 1.165) is 27.5 Å². The van der Waals surface area contributed by atoms with Crippen LogP contribution in [0.5, 0.6) is 0 Å². The molecule has 376 valence electrons. The Morgan fingerprint density at radius 2 is 1.37 bits per heavy atom. The second-order valence-electron chi connectivity index (χ2n) is 16.9. The lowest BCUT2D eigenvalue weighted by molar-refractivity contribution is -0.136. The summed E-state index contributed by atoms with van der Waals surface area (Å²) in [5.74, 6) is -1.72. The Morgan fingerprint density at radius 3 is 2.01 bits per heavy atom. The van der Waals surface area contributed by atoms with Crippen LogP contribution in [0.1, 0.15) is 40.0 Å². The molecule has 2 aromatic heterocycles. The van der Waals surface area contributed by atoms with Gasteiger partial charge < -0.3 is 44.1 Å². The van der Waals surface area contributed by atoms with Crippen LogP contribution in [0.15, 0.2) is 89.8 Å². The Hall–Kier alpha value is -6.82. The molecular formula is C49H57N9O12S. The highest BCUT2D eigenvalue weighted by molar-refractivity contribution is 7.90. The van der Waals surface area contributed by atoms with Crippen LogP contribution in [0.25, 0.3) is 16.9 Å². The van der Waals surface area contributed by atoms with Crippen LogP contribution < -0.4 is 20.9 Å². The van der Waals surface area contributed by atoms with E-state index in [1.807, 2.05) is 47.4 Å². The number of benzene rings is 3. The van der Waals surface area contributed by atoms with Crippen molar-refractivity contribution in [2.75, 3.05) is 121 Å². The van der Waals surface area contributed by atoms with Crippen LogP contribution in [0.2, 0.25) is 0 Å². The SMILES string of the molecule is CS(=O)(=O)c1ccc(-c2cccc3nc(Nc4ccc(N5CCN(C(=O)CCOCCOCCOCCOCCOCCNc6cccc7c6C(=O)N(C6CCC(=O)NC6=O)C7=O)CC5)cc4)nn23)cc1. The summed E-state index contributed by atoms with van der Waals surface area (Å²) in [5, 5.41) is 13.3. The van der Waals surface area contributed by atoms with Gasteiger partial charge in [-0.05, 0) is 67.1 Å². The number of hydrogen-bond donors (Lipinski definition) is 3. The van der Waals surface area contributed by atoms with E-state index in [1.165, 1.54) is 6.26 Å². The Kier molecular flexibility index (Phi) is 17.0. The van der Waals surface area contributed by atoms with E-state index in [9.17, 15) is 32.4 Å². The topological polar surface area (TPSA) is 242 Å². The van der Waals surface area contributed by atoms with Crippen molar-refractivity contribution in [3.63, 3.8) is 0 Å². The standard InChI is InChI=1S/C49H57N9O12S/c1-71(64,65)37-14-8-34(9-15-37)40-6-3-7-42-52-49(54-58(40)42)51-35-10-12-36(13-11-35)55-20-22-56(23-21-55)44(60)18-24-66-26-28-68-30-32-70-33-31-69-29-27-67-25-19-50-39-5-2-4-38-45(39)48(63)57(47(38)62)41-16-17-43(59)53-46(41)61/h2-15,41,50H,16-33H2,1H3,(H,51,54)(H,53,59,61). The molecule has 1 atom stereocenters. The van der Waals surface area contributed by atoms with Crippen LogP contribution in [-0.4, -0.2) is 173 Å². The van der Waals surface area contributed by atoms with Gasteiger partial charge in [-0.2, -0.15) is 4.98 Å². The van der Waals surface area contributed by atoms with Crippen LogP contribution in [0.4, 0.5) is 23.0 Å². The summed E-state index contributed by atoms with van der Waals surface area (Å²) in [4.78, 5) is 73.0. The number of imide groups is 2. The van der Waals surface area contributed by atoms with Crippen molar-refractivity contribution >= 4 is 68.0 Å². The molecule has 0 bridgehead atoms. The number of fused-ring (bicyclic) bond motifs is 2. The van der Waals surface area contributed by atoms with E-state index in [0.29, 0.717) is 122 Å². The van der Waals surface area contributed by atoms with Gasteiger partial charge in [-0.15, -0.1) is 5.10 Å². The summed E-state index contributed by atoms with van der Waals surface area (Å²) in [6.45, 7) is 6.72. The lowest BCUT2D eigenvalue weighted by Crippen LogP contribution is -2.54. The average molecular weight is 996 g/mol. The number of amides is 5. The van der Waals surface area contributed by atoms with Gasteiger partial charge in [0.2, 0.25) is 23.7 Å². The minimum atomic E-state index is -3.30. The monoisotopic (exact) mass is 995 g/mol. The molecule has 5 amide bonds. The lowest BCUT2D eigenvalue weighted by Gasteiger charge is -2.36. The van der Waals surface area contributed by atoms with Crippen LogP contribution in [0, 0.1) is 0 Å². The van der Waals surface area contributed by atoms with Gasteiger partial charge in [-0.3, -0.25) is 34.2 Å². The number of aromatic nitrogens is 3. The predicted octanol–water partition coefficient (Wildman–Crippen LogP) is 3.18. The van der Waals surface area contributed by atoms with Crippen LogP contribution in [-0.2, 0) is 47.9 Å². The second-order valence-corrected chi connectivity index (χ2v) is 18.9. The summed E-state index contributed by atoms with van der Waals surface area (Å²) in [5.41, 5.74) is 4.98. The highest BCUT2D eigenvalue weighted by atomic mass is 32.2. The van der Waals surface area contributed by atoms with Crippen molar-refractivity contribution in [1.82, 2.24) is 29.7 Å². The van der Waals surface area contributed by atoms with E-state index < -0.39 is 39.5 Å². The molecule has 21 nitrogen and oxygen atoms in total. The Balaban J connectivity index is 0.615. The zero-order valence-corrected chi connectivity index (χ0v) is 40.2. The molecule has 71 heavy (non-hydrogen) atoms. The summed E-state index contributed by atoms with van der Waals surface area (Å²) >= 11 is 0. The van der Waals surface area contributed by atoms with Crippen molar-refractivity contribution < 1.29 is 56.1 Å². The first-order valence-electron chi connectivity index (χ1n) is 23.5. The van der Waals surface area contributed by atoms with E-state index in [-0.39, 0.29) is 34.8 Å². The molecule has 0 aliphatic carbocycles. The number of sulfone groups is 1. The summed E-state index contributed by atoms with van der Waals surface area (Å²) in [7, 11) is -3.30. The van der Waals surface area contributed by atoms with Crippen molar-refractivity contribution in [2.24, 2.45) is 0 Å². The minimum Gasteiger partial charge on any atom is -0.382 e. The highest BCUT2D eigenvalue weighted by Gasteiger charge is 2.45. The van der Waals surface area contributed by atoms with Crippen molar-refractivity contribution in [3.8, 4) is 11.3 Å². The number of anilines is 4. The second kappa shape index (κ2) is 23.9. The molecule has 5 heterocycles. The van der Waals surface area contributed by atoms with Gasteiger partial charge in [-0.25, -0.2) is 12.9 Å². The molecule has 0 spiro atoms. The quantitative estimate of drug-likeness (QED) is 0.0562. The first-order valence-corrected chi connectivity index (χ1v) is 25.4. The predicted molar refractivity (Wildman–Crippen MR) is 260 cm³/mol. The maximum absolute atomic E-state index is 13.2. The number of ether oxygens (including phenoxy) is 5. The molecular weight excluding hydrogens is 939 g/mol. The molecule has 2 fully saturated rings. The van der Waals surface area contributed by atoms with E-state index in [2.05, 4.69) is 30.9 Å². The molecule has 3 aliphatic heterocycles. The third-order valence-corrected chi connectivity index (χ3v) is 13.2. The van der Waals surface area contributed by atoms with Crippen molar-refractivity contribution in [3.05, 3.63) is 96.1 Å². The Labute approximate surface area is 410 Å². The van der Waals surface area contributed by atoms with Crippen molar-refractivity contribution in [1.29, 1.82) is 0 Å². The molecule has 22 heteroatoms. The highest BCUT2D eigenvalue weighted by Crippen LogP contribution is 2.32. The number of pyridine rings is 1. The minimum absolute atomic E-state index is 0.0549. The Morgan fingerprint density at radius 1 is 0.732 bits per heavy atom. The number of rotatable bonds is 25. The fraction of sp³-hybridized carbons (Fsp3) is 0.408. The number of piperidine rings is 1. The maximum atomic E-state index is 13.2. The molecule has 3 aliphatic rings.